The van der Waals surface area contributed by atoms with Crippen LogP contribution >= 0.6 is 23.1 Å². The van der Waals surface area contributed by atoms with Crippen molar-refractivity contribution in [1.29, 1.82) is 0 Å². The van der Waals surface area contributed by atoms with Crippen molar-refractivity contribution in [1.82, 2.24) is 4.98 Å². The van der Waals surface area contributed by atoms with Gasteiger partial charge in [0.1, 0.15) is 12.0 Å². The Bertz CT molecular complexity index is 674. The lowest BCUT2D eigenvalue weighted by atomic mass is 9.86. The molecule has 1 aromatic carbocycles. The Morgan fingerprint density at radius 3 is 2.75 bits per heavy atom. The van der Waals surface area contributed by atoms with Crippen molar-refractivity contribution in [2.24, 2.45) is 5.92 Å². The lowest BCUT2D eigenvalue weighted by molar-refractivity contribution is -0.110. The number of aldehydes is 1. The third-order valence-electron chi connectivity index (χ3n) is 3.42. The number of fused-ring (bicyclic) bond motifs is 1. The number of hydrogen-bond acceptors (Lipinski definition) is 5. The normalized spacial score (nSPS) is 21.2. The van der Waals surface area contributed by atoms with Crippen LogP contribution in [0.25, 0.3) is 0 Å². The molecule has 0 saturated heterocycles. The number of thiazole rings is 1. The average molecular weight is 307 g/mol. The third-order valence-corrected chi connectivity index (χ3v) is 5.68. The Balaban J connectivity index is 2.07. The smallest absolute Gasteiger partial charge is 0.305 e. The van der Waals surface area contributed by atoms with Gasteiger partial charge in [0.2, 0.25) is 0 Å². The summed E-state index contributed by atoms with van der Waals surface area (Å²) >= 11 is 2.75. The average Bonchev–Trinajstić information content (AvgIpc) is 2.86. The van der Waals surface area contributed by atoms with Gasteiger partial charge in [-0.05, 0) is 17.7 Å². The predicted octanol–water partition coefficient (Wildman–Crippen LogP) is 2.50. The Morgan fingerprint density at radius 2 is 2.10 bits per heavy atom. The van der Waals surface area contributed by atoms with E-state index in [-0.39, 0.29) is 16.7 Å². The number of methoxy groups -OCH3 is 1. The number of H-pyrrole nitrogens is 1. The van der Waals surface area contributed by atoms with Gasteiger partial charge in [-0.2, -0.15) is 0 Å². The van der Waals surface area contributed by atoms with Crippen LogP contribution in [-0.4, -0.2) is 24.1 Å². The molecule has 4 nitrogen and oxygen atoms in total. The summed E-state index contributed by atoms with van der Waals surface area (Å²) < 4.78 is 5.16. The van der Waals surface area contributed by atoms with E-state index in [9.17, 15) is 9.59 Å². The zero-order valence-corrected chi connectivity index (χ0v) is 12.4. The minimum Gasteiger partial charge on any atom is -0.497 e. The molecular weight excluding hydrogens is 294 g/mol. The number of ether oxygens (including phenoxy) is 1. The Kier molecular flexibility index (Phi) is 3.67. The van der Waals surface area contributed by atoms with Crippen LogP contribution in [0, 0.1) is 5.92 Å². The standard InChI is InChI=1S/C14H13NO3S2/c1-18-10-4-2-8(3-5-10)11-9(6-16)7-19-13-12(11)20-14(17)15-13/h2-6,9,11H,7H2,1H3,(H,15,17)/t9-,11+/m1/s1. The molecule has 0 aliphatic carbocycles. The first kappa shape index (κ1) is 13.5. The second-order valence-corrected chi connectivity index (χ2v) is 6.61. The van der Waals surface area contributed by atoms with Gasteiger partial charge >= 0.3 is 4.87 Å². The molecule has 1 N–H and O–H groups in total. The van der Waals surface area contributed by atoms with E-state index in [0.29, 0.717) is 5.75 Å². The van der Waals surface area contributed by atoms with Crippen LogP contribution < -0.4 is 9.61 Å². The number of carbonyl (C=O) groups excluding carboxylic acids is 1. The van der Waals surface area contributed by atoms with E-state index in [1.165, 1.54) is 11.3 Å². The second kappa shape index (κ2) is 5.46. The molecule has 1 aromatic heterocycles. The van der Waals surface area contributed by atoms with Crippen LogP contribution in [0.4, 0.5) is 0 Å². The molecule has 0 bridgehead atoms. The number of thioether (sulfide) groups is 1. The summed E-state index contributed by atoms with van der Waals surface area (Å²) in [6, 6.07) is 7.69. The SMILES string of the molecule is COc1ccc([C@@H]2c3sc(=O)[nH]c3SC[C@H]2C=O)cc1. The van der Waals surface area contributed by atoms with Crippen molar-refractivity contribution in [2.45, 2.75) is 10.9 Å². The summed E-state index contributed by atoms with van der Waals surface area (Å²) in [4.78, 5) is 26.7. The number of nitrogens with one attached hydrogen (secondary N) is 1. The molecule has 0 unspecified atom stereocenters. The van der Waals surface area contributed by atoms with E-state index >= 15 is 0 Å². The van der Waals surface area contributed by atoms with Crippen molar-refractivity contribution in [2.75, 3.05) is 12.9 Å². The molecule has 1 aliphatic heterocycles. The molecule has 1 aliphatic rings. The summed E-state index contributed by atoms with van der Waals surface area (Å²) in [6.45, 7) is 0. The van der Waals surface area contributed by atoms with Gasteiger partial charge in [0.05, 0.1) is 12.1 Å². The zero-order valence-electron chi connectivity index (χ0n) is 10.8. The van der Waals surface area contributed by atoms with E-state index in [1.807, 2.05) is 24.3 Å². The van der Waals surface area contributed by atoms with Gasteiger partial charge in [-0.1, -0.05) is 23.5 Å². The number of aromatic nitrogens is 1. The number of benzene rings is 1. The lowest BCUT2D eigenvalue weighted by Crippen LogP contribution is -2.21. The summed E-state index contributed by atoms with van der Waals surface area (Å²) in [5.74, 6) is 1.33. The monoisotopic (exact) mass is 307 g/mol. The summed E-state index contributed by atoms with van der Waals surface area (Å²) in [5, 5.41) is 0.902. The van der Waals surface area contributed by atoms with E-state index in [2.05, 4.69) is 4.98 Å². The number of carbonyl (C=O) groups is 1. The van der Waals surface area contributed by atoms with Gasteiger partial charge in [0.25, 0.3) is 0 Å². The van der Waals surface area contributed by atoms with Crippen LogP contribution in [-0.2, 0) is 4.79 Å². The minimum atomic E-state index is -0.104. The lowest BCUT2D eigenvalue weighted by Gasteiger charge is -2.27. The van der Waals surface area contributed by atoms with Gasteiger partial charge in [-0.3, -0.25) is 4.79 Å². The van der Waals surface area contributed by atoms with Crippen molar-refractivity contribution >= 4 is 29.4 Å². The van der Waals surface area contributed by atoms with E-state index in [1.54, 1.807) is 18.9 Å². The molecule has 104 valence electrons. The topological polar surface area (TPSA) is 59.2 Å². The summed E-state index contributed by atoms with van der Waals surface area (Å²) in [5.41, 5.74) is 1.04. The van der Waals surface area contributed by atoms with Crippen LogP contribution in [0.3, 0.4) is 0 Å². The minimum absolute atomic E-state index is 0.0430. The molecule has 0 amide bonds. The van der Waals surface area contributed by atoms with Crippen molar-refractivity contribution in [3.63, 3.8) is 0 Å². The molecule has 0 saturated carbocycles. The molecule has 20 heavy (non-hydrogen) atoms. The van der Waals surface area contributed by atoms with E-state index in [0.717, 1.165) is 27.5 Å². The maximum absolute atomic E-state index is 11.6. The van der Waals surface area contributed by atoms with Gasteiger partial charge < -0.3 is 14.5 Å². The fourth-order valence-corrected chi connectivity index (χ4v) is 4.80. The maximum atomic E-state index is 11.6. The molecule has 0 spiro atoms. The number of rotatable bonds is 3. The Labute approximate surface area is 124 Å². The highest BCUT2D eigenvalue weighted by Crippen LogP contribution is 2.44. The van der Waals surface area contributed by atoms with E-state index in [4.69, 9.17) is 4.74 Å². The van der Waals surface area contributed by atoms with Crippen LogP contribution in [0.1, 0.15) is 16.4 Å². The summed E-state index contributed by atoms with van der Waals surface area (Å²) in [6.07, 6.45) is 0.995. The summed E-state index contributed by atoms with van der Waals surface area (Å²) in [7, 11) is 1.62. The van der Waals surface area contributed by atoms with Gasteiger partial charge in [0, 0.05) is 22.5 Å². The molecule has 2 atom stereocenters. The predicted molar refractivity (Wildman–Crippen MR) is 80.1 cm³/mol. The van der Waals surface area contributed by atoms with Crippen LogP contribution in [0.2, 0.25) is 0 Å². The molecule has 0 fully saturated rings. The zero-order chi connectivity index (χ0) is 14.1. The number of hydrogen-bond donors (Lipinski definition) is 1. The molecule has 3 rings (SSSR count). The Hall–Kier alpha value is -1.53. The molecule has 6 heteroatoms. The van der Waals surface area contributed by atoms with Crippen molar-refractivity contribution in [3.8, 4) is 5.75 Å². The molecule has 2 heterocycles. The first-order valence-electron chi connectivity index (χ1n) is 6.18. The first-order chi connectivity index (χ1) is 9.72. The molecule has 2 aromatic rings. The van der Waals surface area contributed by atoms with Crippen molar-refractivity contribution < 1.29 is 9.53 Å². The maximum Gasteiger partial charge on any atom is 0.305 e. The van der Waals surface area contributed by atoms with Gasteiger partial charge in [-0.15, -0.1) is 11.8 Å². The fraction of sp³-hybridized carbons (Fsp3) is 0.286. The highest BCUT2D eigenvalue weighted by atomic mass is 32.2. The van der Waals surface area contributed by atoms with Gasteiger partial charge in [0.15, 0.2) is 0 Å². The van der Waals surface area contributed by atoms with Crippen molar-refractivity contribution in [3.05, 3.63) is 44.4 Å². The first-order valence-corrected chi connectivity index (χ1v) is 7.98. The number of aromatic amines is 1. The Morgan fingerprint density at radius 1 is 1.35 bits per heavy atom. The van der Waals surface area contributed by atoms with Crippen LogP contribution in [0.15, 0.2) is 34.1 Å². The fourth-order valence-electron chi connectivity index (χ4n) is 2.44. The third kappa shape index (κ3) is 2.29. The highest BCUT2D eigenvalue weighted by molar-refractivity contribution is 7.99. The largest absolute Gasteiger partial charge is 0.497 e. The molecular formula is C14H13NO3S2. The quantitative estimate of drug-likeness (QED) is 0.885. The van der Waals surface area contributed by atoms with E-state index < -0.39 is 0 Å². The second-order valence-electron chi connectivity index (χ2n) is 4.57. The van der Waals surface area contributed by atoms with Crippen LogP contribution in [0.5, 0.6) is 5.75 Å². The molecule has 0 radical (unpaired) electrons. The highest BCUT2D eigenvalue weighted by Gasteiger charge is 2.33. The van der Waals surface area contributed by atoms with Gasteiger partial charge in [-0.25, -0.2) is 0 Å².